The molecule has 0 saturated carbocycles. The molecule has 60 valence electrons. The summed E-state index contributed by atoms with van der Waals surface area (Å²) in [6.07, 6.45) is 2.73. The van der Waals surface area contributed by atoms with Crippen molar-refractivity contribution in [2.75, 3.05) is 0 Å². The standard InChI is InChI=1S/C8H10O3/c1-5-7(10)3-4-8(5)11-6(2)9/h3-5,8H,1-2H3/t5-,8-/m1/s1. The first kappa shape index (κ1) is 7.98. The normalized spacial score (nSPS) is 29.1. The van der Waals surface area contributed by atoms with Crippen molar-refractivity contribution in [3.8, 4) is 0 Å². The second kappa shape index (κ2) is 2.86. The molecule has 11 heavy (non-hydrogen) atoms. The van der Waals surface area contributed by atoms with Crippen molar-refractivity contribution >= 4 is 11.8 Å². The van der Waals surface area contributed by atoms with Gasteiger partial charge in [0.1, 0.15) is 6.10 Å². The molecule has 0 aromatic rings. The summed E-state index contributed by atoms with van der Waals surface area (Å²) in [4.78, 5) is 21.4. The van der Waals surface area contributed by atoms with E-state index in [9.17, 15) is 9.59 Å². The van der Waals surface area contributed by atoms with E-state index in [1.165, 1.54) is 13.0 Å². The van der Waals surface area contributed by atoms with Crippen LogP contribution in [0.2, 0.25) is 0 Å². The number of carbonyl (C=O) groups is 2. The smallest absolute Gasteiger partial charge is 0.303 e. The fraction of sp³-hybridized carbons (Fsp3) is 0.500. The van der Waals surface area contributed by atoms with Crippen molar-refractivity contribution in [1.29, 1.82) is 0 Å². The highest BCUT2D eigenvalue weighted by Gasteiger charge is 2.27. The summed E-state index contributed by atoms with van der Waals surface area (Å²) in [6, 6.07) is 0. The Bertz CT molecular complexity index is 217. The third-order valence-corrected chi connectivity index (χ3v) is 1.69. The van der Waals surface area contributed by atoms with E-state index in [1.807, 2.05) is 0 Å². The van der Waals surface area contributed by atoms with Crippen LogP contribution in [0.25, 0.3) is 0 Å². The largest absolute Gasteiger partial charge is 0.458 e. The molecular weight excluding hydrogens is 144 g/mol. The first-order valence-corrected chi connectivity index (χ1v) is 3.50. The fourth-order valence-corrected chi connectivity index (χ4v) is 1.00. The van der Waals surface area contributed by atoms with Crippen molar-refractivity contribution in [2.45, 2.75) is 20.0 Å². The van der Waals surface area contributed by atoms with E-state index in [2.05, 4.69) is 0 Å². The zero-order chi connectivity index (χ0) is 8.43. The highest BCUT2D eigenvalue weighted by molar-refractivity contribution is 5.95. The molecule has 0 fully saturated rings. The van der Waals surface area contributed by atoms with Gasteiger partial charge in [0, 0.05) is 6.92 Å². The van der Waals surface area contributed by atoms with Crippen molar-refractivity contribution in [1.82, 2.24) is 0 Å². The van der Waals surface area contributed by atoms with Crippen LogP contribution in [-0.2, 0) is 14.3 Å². The van der Waals surface area contributed by atoms with Crippen molar-refractivity contribution in [2.24, 2.45) is 5.92 Å². The molecule has 0 spiro atoms. The predicted octanol–water partition coefficient (Wildman–Crippen LogP) is 0.693. The molecule has 3 nitrogen and oxygen atoms in total. The molecule has 0 N–H and O–H groups in total. The van der Waals surface area contributed by atoms with Gasteiger partial charge < -0.3 is 4.74 Å². The second-order valence-corrected chi connectivity index (χ2v) is 2.62. The van der Waals surface area contributed by atoms with Gasteiger partial charge in [-0.25, -0.2) is 0 Å². The summed E-state index contributed by atoms with van der Waals surface area (Å²) >= 11 is 0. The van der Waals surface area contributed by atoms with Gasteiger partial charge in [-0.1, -0.05) is 6.92 Å². The van der Waals surface area contributed by atoms with Gasteiger partial charge in [-0.05, 0) is 12.2 Å². The quantitative estimate of drug-likeness (QED) is 0.522. The molecule has 0 radical (unpaired) electrons. The Hall–Kier alpha value is -1.12. The van der Waals surface area contributed by atoms with Crippen molar-refractivity contribution in [3.05, 3.63) is 12.2 Å². The molecule has 2 atom stereocenters. The highest BCUT2D eigenvalue weighted by Crippen LogP contribution is 2.17. The molecule has 0 bridgehead atoms. The van der Waals surface area contributed by atoms with Gasteiger partial charge >= 0.3 is 5.97 Å². The monoisotopic (exact) mass is 154 g/mol. The lowest BCUT2D eigenvalue weighted by Crippen LogP contribution is -2.22. The Labute approximate surface area is 65.0 Å². The number of ketones is 1. The van der Waals surface area contributed by atoms with E-state index in [1.54, 1.807) is 13.0 Å². The van der Waals surface area contributed by atoms with Crippen LogP contribution in [-0.4, -0.2) is 17.9 Å². The Morgan fingerprint density at radius 1 is 1.64 bits per heavy atom. The van der Waals surface area contributed by atoms with Crippen LogP contribution in [0.1, 0.15) is 13.8 Å². The molecule has 0 aromatic heterocycles. The zero-order valence-corrected chi connectivity index (χ0v) is 6.53. The van der Waals surface area contributed by atoms with E-state index < -0.39 is 0 Å². The predicted molar refractivity (Wildman–Crippen MR) is 38.9 cm³/mol. The maximum Gasteiger partial charge on any atom is 0.303 e. The Balaban J connectivity index is 2.56. The van der Waals surface area contributed by atoms with Gasteiger partial charge in [-0.15, -0.1) is 0 Å². The molecule has 0 heterocycles. The number of rotatable bonds is 1. The lowest BCUT2D eigenvalue weighted by Gasteiger charge is -2.12. The number of hydrogen-bond acceptors (Lipinski definition) is 3. The molecule has 0 saturated heterocycles. The Kier molecular flexibility index (Phi) is 2.08. The van der Waals surface area contributed by atoms with Crippen molar-refractivity contribution < 1.29 is 14.3 Å². The first-order valence-electron chi connectivity index (χ1n) is 3.50. The number of carbonyl (C=O) groups excluding carboxylic acids is 2. The van der Waals surface area contributed by atoms with E-state index in [0.717, 1.165) is 0 Å². The second-order valence-electron chi connectivity index (χ2n) is 2.62. The first-order chi connectivity index (χ1) is 5.11. The van der Waals surface area contributed by atoms with Gasteiger partial charge in [0.25, 0.3) is 0 Å². The summed E-state index contributed by atoms with van der Waals surface area (Å²) < 4.78 is 4.85. The van der Waals surface area contributed by atoms with Crippen LogP contribution < -0.4 is 0 Å². The Morgan fingerprint density at radius 3 is 2.64 bits per heavy atom. The lowest BCUT2D eigenvalue weighted by molar-refractivity contribution is -0.146. The number of ether oxygens (including phenoxy) is 1. The molecule has 1 rings (SSSR count). The van der Waals surface area contributed by atoms with Crippen LogP contribution in [0, 0.1) is 5.92 Å². The highest BCUT2D eigenvalue weighted by atomic mass is 16.5. The van der Waals surface area contributed by atoms with Crippen LogP contribution in [0.15, 0.2) is 12.2 Å². The summed E-state index contributed by atoms with van der Waals surface area (Å²) in [5.74, 6) is -0.531. The minimum Gasteiger partial charge on any atom is -0.458 e. The minimum absolute atomic E-state index is 0.0243. The maximum atomic E-state index is 10.9. The van der Waals surface area contributed by atoms with Crippen LogP contribution in [0.5, 0.6) is 0 Å². The molecule has 0 aliphatic heterocycles. The molecule has 3 heteroatoms. The average molecular weight is 154 g/mol. The van der Waals surface area contributed by atoms with Gasteiger partial charge in [0.15, 0.2) is 5.78 Å². The molecule has 1 aliphatic carbocycles. The van der Waals surface area contributed by atoms with E-state index in [4.69, 9.17) is 4.74 Å². The summed E-state index contributed by atoms with van der Waals surface area (Å²) in [5.41, 5.74) is 0. The molecule has 1 aliphatic rings. The minimum atomic E-state index is -0.347. The third kappa shape index (κ3) is 1.67. The summed E-state index contributed by atoms with van der Waals surface area (Å²) in [6.45, 7) is 3.08. The zero-order valence-electron chi connectivity index (χ0n) is 6.53. The van der Waals surface area contributed by atoms with Gasteiger partial charge in [-0.3, -0.25) is 9.59 Å². The van der Waals surface area contributed by atoms with E-state index in [0.29, 0.717) is 0 Å². The SMILES string of the molecule is CC(=O)O[C@@H]1C=CC(=O)[C@H]1C. The van der Waals surface area contributed by atoms with Gasteiger partial charge in [0.2, 0.25) is 0 Å². The number of hydrogen-bond donors (Lipinski definition) is 0. The number of allylic oxidation sites excluding steroid dienone is 1. The lowest BCUT2D eigenvalue weighted by atomic mass is 10.1. The third-order valence-electron chi connectivity index (χ3n) is 1.69. The number of esters is 1. The van der Waals surface area contributed by atoms with E-state index in [-0.39, 0.29) is 23.8 Å². The fourth-order valence-electron chi connectivity index (χ4n) is 1.00. The van der Waals surface area contributed by atoms with E-state index >= 15 is 0 Å². The maximum absolute atomic E-state index is 10.9. The topological polar surface area (TPSA) is 43.4 Å². The van der Waals surface area contributed by atoms with Crippen LogP contribution >= 0.6 is 0 Å². The molecule has 0 amide bonds. The summed E-state index contributed by atoms with van der Waals surface area (Å²) in [5, 5.41) is 0. The van der Waals surface area contributed by atoms with Crippen LogP contribution in [0.4, 0.5) is 0 Å². The van der Waals surface area contributed by atoms with Crippen LogP contribution in [0.3, 0.4) is 0 Å². The summed E-state index contributed by atoms with van der Waals surface area (Å²) in [7, 11) is 0. The van der Waals surface area contributed by atoms with Gasteiger partial charge in [0.05, 0.1) is 5.92 Å². The molecule has 0 aromatic carbocycles. The van der Waals surface area contributed by atoms with Gasteiger partial charge in [-0.2, -0.15) is 0 Å². The molecule has 0 unspecified atom stereocenters. The molecular formula is C8H10O3. The average Bonchev–Trinajstić information content (AvgIpc) is 2.18. The van der Waals surface area contributed by atoms with Crippen molar-refractivity contribution in [3.63, 3.8) is 0 Å². The Morgan fingerprint density at radius 2 is 2.27 bits per heavy atom.